The lowest BCUT2D eigenvalue weighted by atomic mass is 10.3. The van der Waals surface area contributed by atoms with Crippen molar-refractivity contribution in [3.05, 3.63) is 15.1 Å². The molecule has 0 aromatic carbocycles. The molecule has 0 aliphatic carbocycles. The summed E-state index contributed by atoms with van der Waals surface area (Å²) in [7, 11) is 3.59. The summed E-state index contributed by atoms with van der Waals surface area (Å²) in [5.41, 5.74) is 0.976. The maximum absolute atomic E-state index is 5.22. The predicted octanol–water partition coefficient (Wildman–Crippen LogP) is 2.79. The standard InChI is InChI=1S/C11H16IN3OS2/c1-13-11-9(12)7(5-16-2)14-10(15-11)8-6-17-3-4-18-8/h8H,3-6H2,1-2H3,(H,13,14,15). The molecular weight excluding hydrogens is 381 g/mol. The van der Waals surface area contributed by atoms with Crippen LogP contribution < -0.4 is 5.32 Å². The van der Waals surface area contributed by atoms with Gasteiger partial charge in [0.15, 0.2) is 0 Å². The molecule has 0 saturated carbocycles. The summed E-state index contributed by atoms with van der Waals surface area (Å²) in [6, 6.07) is 0. The summed E-state index contributed by atoms with van der Waals surface area (Å²) in [5.74, 6) is 5.35. The van der Waals surface area contributed by atoms with E-state index in [0.717, 1.165) is 26.7 Å². The van der Waals surface area contributed by atoms with Crippen LogP contribution in [0.2, 0.25) is 0 Å². The molecule has 2 heterocycles. The van der Waals surface area contributed by atoms with Gasteiger partial charge in [-0.05, 0) is 22.6 Å². The average molecular weight is 397 g/mol. The molecule has 18 heavy (non-hydrogen) atoms. The number of anilines is 1. The molecule has 1 atom stereocenters. The molecule has 1 saturated heterocycles. The lowest BCUT2D eigenvalue weighted by Crippen LogP contribution is -2.14. The molecule has 1 aromatic rings. The highest BCUT2D eigenvalue weighted by Crippen LogP contribution is 2.36. The van der Waals surface area contributed by atoms with Crippen LogP contribution in [0.3, 0.4) is 0 Å². The highest BCUT2D eigenvalue weighted by molar-refractivity contribution is 14.1. The summed E-state index contributed by atoms with van der Waals surface area (Å²) in [6.07, 6.45) is 0. The number of rotatable bonds is 4. The fraction of sp³-hybridized carbons (Fsp3) is 0.636. The van der Waals surface area contributed by atoms with E-state index in [2.05, 4.69) is 37.9 Å². The Morgan fingerprint density at radius 3 is 2.89 bits per heavy atom. The number of ether oxygens (including phenoxy) is 1. The van der Waals surface area contributed by atoms with Gasteiger partial charge >= 0.3 is 0 Å². The minimum atomic E-state index is 0.406. The van der Waals surface area contributed by atoms with E-state index in [0.29, 0.717) is 11.9 Å². The molecule has 1 N–H and O–H groups in total. The first kappa shape index (κ1) is 14.7. The Balaban J connectivity index is 2.31. The third kappa shape index (κ3) is 3.43. The first-order chi connectivity index (χ1) is 8.76. The van der Waals surface area contributed by atoms with Crippen LogP contribution in [0, 0.1) is 3.57 Å². The van der Waals surface area contributed by atoms with Crippen molar-refractivity contribution in [2.24, 2.45) is 0 Å². The van der Waals surface area contributed by atoms with Gasteiger partial charge in [-0.2, -0.15) is 11.8 Å². The van der Waals surface area contributed by atoms with Crippen LogP contribution in [-0.4, -0.2) is 41.4 Å². The van der Waals surface area contributed by atoms with Gasteiger partial charge in [-0.1, -0.05) is 0 Å². The van der Waals surface area contributed by atoms with Crippen molar-refractivity contribution in [2.75, 3.05) is 36.7 Å². The van der Waals surface area contributed by atoms with Gasteiger partial charge in [0.2, 0.25) is 0 Å². The normalized spacial score (nSPS) is 19.8. The number of nitrogens with one attached hydrogen (secondary N) is 1. The number of nitrogens with zero attached hydrogens (tertiary/aromatic N) is 2. The third-order valence-electron chi connectivity index (χ3n) is 2.56. The van der Waals surface area contributed by atoms with Gasteiger partial charge in [-0.3, -0.25) is 0 Å². The molecule has 1 aromatic heterocycles. The van der Waals surface area contributed by atoms with E-state index in [-0.39, 0.29) is 0 Å². The molecule has 1 aliphatic rings. The van der Waals surface area contributed by atoms with E-state index in [4.69, 9.17) is 4.74 Å². The van der Waals surface area contributed by atoms with E-state index < -0.39 is 0 Å². The lowest BCUT2D eigenvalue weighted by molar-refractivity contribution is 0.180. The van der Waals surface area contributed by atoms with Crippen molar-refractivity contribution < 1.29 is 4.74 Å². The van der Waals surface area contributed by atoms with Crippen LogP contribution in [0.4, 0.5) is 5.82 Å². The fourth-order valence-corrected chi connectivity index (χ4v) is 4.96. The molecular formula is C11H16IN3OS2. The molecule has 0 amide bonds. The zero-order valence-corrected chi connectivity index (χ0v) is 14.2. The average Bonchev–Trinajstić information content (AvgIpc) is 2.42. The van der Waals surface area contributed by atoms with E-state index in [1.54, 1.807) is 7.11 Å². The smallest absolute Gasteiger partial charge is 0.144 e. The largest absolute Gasteiger partial charge is 0.378 e. The topological polar surface area (TPSA) is 47.0 Å². The van der Waals surface area contributed by atoms with Gasteiger partial charge in [0.05, 0.1) is 21.1 Å². The number of aromatic nitrogens is 2. The van der Waals surface area contributed by atoms with Gasteiger partial charge in [0.25, 0.3) is 0 Å². The Morgan fingerprint density at radius 2 is 2.28 bits per heavy atom. The quantitative estimate of drug-likeness (QED) is 0.789. The molecule has 0 radical (unpaired) electrons. The van der Waals surface area contributed by atoms with Gasteiger partial charge in [0, 0.05) is 31.4 Å². The summed E-state index contributed by atoms with van der Waals surface area (Å²) >= 11 is 6.20. The second kappa shape index (κ2) is 7.16. The second-order valence-electron chi connectivity index (χ2n) is 3.81. The van der Waals surface area contributed by atoms with Crippen LogP contribution in [-0.2, 0) is 11.3 Å². The first-order valence-electron chi connectivity index (χ1n) is 5.68. The molecule has 1 aliphatic heterocycles. The Morgan fingerprint density at radius 1 is 1.44 bits per heavy atom. The molecule has 7 heteroatoms. The van der Waals surface area contributed by atoms with E-state index >= 15 is 0 Å². The number of thioether (sulfide) groups is 2. The maximum Gasteiger partial charge on any atom is 0.144 e. The molecule has 1 fully saturated rings. The monoisotopic (exact) mass is 397 g/mol. The van der Waals surface area contributed by atoms with Crippen LogP contribution in [0.1, 0.15) is 16.8 Å². The summed E-state index contributed by atoms with van der Waals surface area (Å²) in [4.78, 5) is 9.31. The molecule has 4 nitrogen and oxygen atoms in total. The van der Waals surface area contributed by atoms with Gasteiger partial charge in [-0.15, -0.1) is 11.8 Å². The van der Waals surface area contributed by atoms with Gasteiger partial charge < -0.3 is 10.1 Å². The predicted molar refractivity (Wildman–Crippen MR) is 87.5 cm³/mol. The number of hydrogen-bond donors (Lipinski definition) is 1. The number of halogens is 1. The van der Waals surface area contributed by atoms with Gasteiger partial charge in [-0.25, -0.2) is 9.97 Å². The zero-order chi connectivity index (χ0) is 13.0. The minimum absolute atomic E-state index is 0.406. The highest BCUT2D eigenvalue weighted by atomic mass is 127. The molecule has 0 spiro atoms. The SMILES string of the molecule is CNc1nc(C2CSCCS2)nc(COC)c1I. The lowest BCUT2D eigenvalue weighted by Gasteiger charge is -2.21. The highest BCUT2D eigenvalue weighted by Gasteiger charge is 2.22. The molecule has 2 rings (SSSR count). The van der Waals surface area contributed by atoms with Crippen LogP contribution in [0.25, 0.3) is 0 Å². The second-order valence-corrected chi connectivity index (χ2v) is 7.35. The van der Waals surface area contributed by atoms with Crippen LogP contribution >= 0.6 is 46.1 Å². The molecule has 100 valence electrons. The Labute approximate surface area is 130 Å². The van der Waals surface area contributed by atoms with Crippen molar-refractivity contribution in [3.63, 3.8) is 0 Å². The van der Waals surface area contributed by atoms with Gasteiger partial charge in [0.1, 0.15) is 11.6 Å². The van der Waals surface area contributed by atoms with Crippen LogP contribution in [0.5, 0.6) is 0 Å². The van der Waals surface area contributed by atoms with E-state index in [1.165, 1.54) is 11.5 Å². The third-order valence-corrected chi connectivity index (χ3v) is 6.44. The fourth-order valence-electron chi connectivity index (χ4n) is 1.69. The minimum Gasteiger partial charge on any atom is -0.378 e. The van der Waals surface area contributed by atoms with Crippen molar-refractivity contribution in [2.45, 2.75) is 11.9 Å². The van der Waals surface area contributed by atoms with Crippen molar-refractivity contribution >= 4 is 51.9 Å². The Hall–Kier alpha value is 0.270. The maximum atomic E-state index is 5.22. The van der Waals surface area contributed by atoms with Crippen LogP contribution in [0.15, 0.2) is 0 Å². The number of methoxy groups -OCH3 is 1. The summed E-state index contributed by atoms with van der Waals surface area (Å²) < 4.78 is 6.27. The Kier molecular flexibility index (Phi) is 5.84. The Bertz CT molecular complexity index is 414. The van der Waals surface area contributed by atoms with E-state index in [1.807, 2.05) is 30.6 Å². The van der Waals surface area contributed by atoms with Crippen molar-refractivity contribution in [3.8, 4) is 0 Å². The van der Waals surface area contributed by atoms with Crippen molar-refractivity contribution in [1.82, 2.24) is 9.97 Å². The first-order valence-corrected chi connectivity index (χ1v) is 8.96. The zero-order valence-electron chi connectivity index (χ0n) is 10.4. The van der Waals surface area contributed by atoms with Crippen molar-refractivity contribution in [1.29, 1.82) is 0 Å². The molecule has 1 unspecified atom stereocenters. The summed E-state index contributed by atoms with van der Waals surface area (Å²) in [6.45, 7) is 0.535. The molecule has 0 bridgehead atoms. The number of hydrogen-bond acceptors (Lipinski definition) is 6. The summed E-state index contributed by atoms with van der Waals surface area (Å²) in [5, 5.41) is 3.55. The van der Waals surface area contributed by atoms with E-state index in [9.17, 15) is 0 Å².